The molecule has 134 valence electrons. The Kier molecular flexibility index (Phi) is 6.92. The van der Waals surface area contributed by atoms with Gasteiger partial charge in [0.05, 0.1) is 17.9 Å². The lowest BCUT2D eigenvalue weighted by Crippen LogP contribution is -2.22. The number of carbonyl (C=O) groups excluding carboxylic acids is 3. The monoisotopic (exact) mass is 343 g/mol. The second-order valence-corrected chi connectivity index (χ2v) is 6.23. The lowest BCUT2D eigenvalue weighted by Gasteiger charge is -2.19. The minimum absolute atomic E-state index is 0.211. The van der Waals surface area contributed by atoms with Crippen LogP contribution in [0.4, 0.5) is 5.69 Å². The Labute approximate surface area is 148 Å². The first-order valence-corrected chi connectivity index (χ1v) is 8.88. The SMILES string of the molecule is CCCCCCCCOC1=CC(=O)C(=O)c2c(NC(C)=O)cccc21. The molecule has 1 amide bonds. The minimum atomic E-state index is -0.622. The molecule has 0 spiro atoms. The Morgan fingerprint density at radius 1 is 1.08 bits per heavy atom. The Hall–Kier alpha value is -2.43. The van der Waals surface area contributed by atoms with Crippen LogP contribution in [0.25, 0.3) is 5.76 Å². The number of ketones is 2. The van der Waals surface area contributed by atoms with Gasteiger partial charge < -0.3 is 10.1 Å². The van der Waals surface area contributed by atoms with Gasteiger partial charge in [-0.1, -0.05) is 51.2 Å². The summed E-state index contributed by atoms with van der Waals surface area (Å²) in [6.07, 6.45) is 8.11. The number of allylic oxidation sites excluding steroid dienone is 1. The largest absolute Gasteiger partial charge is 0.493 e. The maximum atomic E-state index is 12.2. The smallest absolute Gasteiger partial charge is 0.235 e. The number of amides is 1. The van der Waals surface area contributed by atoms with Crippen LogP contribution in [-0.4, -0.2) is 24.1 Å². The van der Waals surface area contributed by atoms with E-state index in [0.717, 1.165) is 12.8 Å². The number of hydrogen-bond acceptors (Lipinski definition) is 4. The van der Waals surface area contributed by atoms with Crippen molar-refractivity contribution in [1.29, 1.82) is 0 Å². The van der Waals surface area contributed by atoms with Crippen molar-refractivity contribution >= 4 is 28.9 Å². The summed E-state index contributed by atoms with van der Waals surface area (Å²) in [4.78, 5) is 35.6. The fraction of sp³-hybridized carbons (Fsp3) is 0.450. The molecule has 0 saturated carbocycles. The Balaban J connectivity index is 2.06. The van der Waals surface area contributed by atoms with Crippen LogP contribution in [0.5, 0.6) is 0 Å². The molecule has 1 aromatic rings. The van der Waals surface area contributed by atoms with Crippen molar-refractivity contribution in [3.05, 3.63) is 35.4 Å². The van der Waals surface area contributed by atoms with Gasteiger partial charge in [0.2, 0.25) is 17.5 Å². The molecule has 1 aliphatic rings. The zero-order chi connectivity index (χ0) is 18.2. The van der Waals surface area contributed by atoms with Crippen LogP contribution in [0.15, 0.2) is 24.3 Å². The molecule has 1 aromatic carbocycles. The molecule has 0 aromatic heterocycles. The number of rotatable bonds is 9. The van der Waals surface area contributed by atoms with Crippen molar-refractivity contribution in [1.82, 2.24) is 0 Å². The fourth-order valence-corrected chi connectivity index (χ4v) is 2.87. The summed E-state index contributed by atoms with van der Waals surface area (Å²) >= 11 is 0. The Morgan fingerprint density at radius 2 is 1.80 bits per heavy atom. The molecule has 0 radical (unpaired) electrons. The number of anilines is 1. The van der Waals surface area contributed by atoms with Crippen molar-refractivity contribution in [2.75, 3.05) is 11.9 Å². The second-order valence-electron chi connectivity index (χ2n) is 6.23. The predicted octanol–water partition coefficient (Wildman–Crippen LogP) is 4.13. The third-order valence-electron chi connectivity index (χ3n) is 4.11. The highest BCUT2D eigenvalue weighted by Crippen LogP contribution is 2.31. The summed E-state index contributed by atoms with van der Waals surface area (Å²) in [6.45, 7) is 4.05. The van der Waals surface area contributed by atoms with Crippen molar-refractivity contribution in [2.24, 2.45) is 0 Å². The first-order chi connectivity index (χ1) is 12.0. The number of unbranched alkanes of at least 4 members (excludes halogenated alkanes) is 5. The maximum absolute atomic E-state index is 12.2. The fourth-order valence-electron chi connectivity index (χ4n) is 2.87. The third-order valence-corrected chi connectivity index (χ3v) is 4.11. The topological polar surface area (TPSA) is 72.5 Å². The van der Waals surface area contributed by atoms with Crippen LogP contribution >= 0.6 is 0 Å². The van der Waals surface area contributed by atoms with Crippen molar-refractivity contribution < 1.29 is 19.1 Å². The molecule has 1 N–H and O–H groups in total. The van der Waals surface area contributed by atoms with E-state index in [-0.39, 0.29) is 11.5 Å². The van der Waals surface area contributed by atoms with Gasteiger partial charge in [0.1, 0.15) is 5.76 Å². The third kappa shape index (κ3) is 5.02. The summed E-state index contributed by atoms with van der Waals surface area (Å²) in [5, 5.41) is 2.61. The zero-order valence-corrected chi connectivity index (χ0v) is 14.9. The standard InChI is InChI=1S/C20H25NO4/c1-3-4-5-6-7-8-12-25-18-13-17(23)20(24)19-15(18)10-9-11-16(19)21-14(2)22/h9-11,13H,3-8,12H2,1-2H3,(H,21,22). The Bertz CT molecular complexity index is 691. The van der Waals surface area contributed by atoms with Gasteiger partial charge in [-0.2, -0.15) is 0 Å². The van der Waals surface area contributed by atoms with E-state index >= 15 is 0 Å². The highest BCUT2D eigenvalue weighted by Gasteiger charge is 2.29. The van der Waals surface area contributed by atoms with E-state index in [1.165, 1.54) is 38.7 Å². The van der Waals surface area contributed by atoms with Crippen LogP contribution in [-0.2, 0) is 14.3 Å². The number of fused-ring (bicyclic) bond motifs is 1. The minimum Gasteiger partial charge on any atom is -0.493 e. The van der Waals surface area contributed by atoms with E-state index in [1.54, 1.807) is 18.2 Å². The molecule has 0 unspecified atom stereocenters. The van der Waals surface area contributed by atoms with E-state index < -0.39 is 11.6 Å². The van der Waals surface area contributed by atoms with Gasteiger partial charge in [-0.15, -0.1) is 0 Å². The summed E-state index contributed by atoms with van der Waals surface area (Å²) in [6, 6.07) is 5.08. The molecule has 0 aliphatic heterocycles. The van der Waals surface area contributed by atoms with E-state index in [9.17, 15) is 14.4 Å². The summed E-state index contributed by atoms with van der Waals surface area (Å²) < 4.78 is 5.77. The van der Waals surface area contributed by atoms with E-state index in [1.807, 2.05) is 0 Å². The zero-order valence-electron chi connectivity index (χ0n) is 14.9. The van der Waals surface area contributed by atoms with Crippen LogP contribution in [0, 0.1) is 0 Å². The molecule has 0 fully saturated rings. The normalized spacial score (nSPS) is 13.3. The average Bonchev–Trinajstić information content (AvgIpc) is 2.57. The van der Waals surface area contributed by atoms with Gasteiger partial charge in [-0.05, 0) is 12.5 Å². The molecule has 25 heavy (non-hydrogen) atoms. The number of ether oxygens (including phenoxy) is 1. The van der Waals surface area contributed by atoms with E-state index in [2.05, 4.69) is 12.2 Å². The average molecular weight is 343 g/mol. The second kappa shape index (κ2) is 9.16. The van der Waals surface area contributed by atoms with Crippen LogP contribution in [0.1, 0.15) is 68.3 Å². The van der Waals surface area contributed by atoms with Crippen LogP contribution in [0.3, 0.4) is 0 Å². The molecule has 0 saturated heterocycles. The molecular formula is C20H25NO4. The van der Waals surface area contributed by atoms with E-state index in [4.69, 9.17) is 4.74 Å². The van der Waals surface area contributed by atoms with Crippen molar-refractivity contribution in [3.63, 3.8) is 0 Å². The van der Waals surface area contributed by atoms with Gasteiger partial charge in [0, 0.05) is 18.6 Å². The molecule has 0 atom stereocenters. The van der Waals surface area contributed by atoms with Crippen molar-refractivity contribution in [2.45, 2.75) is 52.4 Å². The van der Waals surface area contributed by atoms with Gasteiger partial charge in [-0.25, -0.2) is 0 Å². The molecule has 0 heterocycles. The van der Waals surface area contributed by atoms with Gasteiger partial charge in [0.25, 0.3) is 0 Å². The molecular weight excluding hydrogens is 318 g/mol. The predicted molar refractivity (Wildman–Crippen MR) is 97.4 cm³/mol. The number of hydrogen-bond donors (Lipinski definition) is 1. The van der Waals surface area contributed by atoms with E-state index in [0.29, 0.717) is 23.6 Å². The van der Waals surface area contributed by atoms with Crippen molar-refractivity contribution in [3.8, 4) is 0 Å². The molecule has 5 nitrogen and oxygen atoms in total. The lowest BCUT2D eigenvalue weighted by molar-refractivity contribution is -0.114. The first-order valence-electron chi connectivity index (χ1n) is 8.88. The number of Topliss-reactive ketones (excluding diaryl/α,β-unsaturated/α-hetero) is 1. The molecule has 1 aliphatic carbocycles. The molecule has 5 heteroatoms. The highest BCUT2D eigenvalue weighted by molar-refractivity contribution is 6.51. The lowest BCUT2D eigenvalue weighted by atomic mass is 9.92. The number of nitrogens with one attached hydrogen (secondary N) is 1. The van der Waals surface area contributed by atoms with Crippen LogP contribution < -0.4 is 5.32 Å². The molecule has 0 bridgehead atoms. The van der Waals surface area contributed by atoms with Gasteiger partial charge in [0.15, 0.2) is 0 Å². The van der Waals surface area contributed by atoms with Crippen LogP contribution in [0.2, 0.25) is 0 Å². The first kappa shape index (κ1) is 18.9. The summed E-state index contributed by atoms with van der Waals surface area (Å²) in [5.74, 6) is -1.13. The number of carbonyl (C=O) groups is 3. The number of benzene rings is 1. The van der Waals surface area contributed by atoms with Gasteiger partial charge >= 0.3 is 0 Å². The quantitative estimate of drug-likeness (QED) is 0.540. The summed E-state index contributed by atoms with van der Waals surface area (Å²) in [7, 11) is 0. The molecule has 2 rings (SSSR count). The summed E-state index contributed by atoms with van der Waals surface area (Å²) in [5.41, 5.74) is 1.11. The highest BCUT2D eigenvalue weighted by atomic mass is 16.5. The maximum Gasteiger partial charge on any atom is 0.235 e. The van der Waals surface area contributed by atoms with Gasteiger partial charge in [-0.3, -0.25) is 14.4 Å². The Morgan fingerprint density at radius 3 is 2.52 bits per heavy atom.